The largest absolute Gasteiger partial charge is 0.0654 e. The Labute approximate surface area is 179 Å². The Morgan fingerprint density at radius 2 is 1.07 bits per heavy atom. The van der Waals surface area contributed by atoms with Crippen molar-refractivity contribution >= 4 is 0 Å². The quantitative estimate of drug-likeness (QED) is 0.463. The topological polar surface area (TPSA) is 0 Å². The van der Waals surface area contributed by atoms with E-state index in [4.69, 9.17) is 0 Å². The molecule has 0 atom stereocenters. The van der Waals surface area contributed by atoms with E-state index < -0.39 is 0 Å². The predicted molar refractivity (Wildman–Crippen MR) is 126 cm³/mol. The fraction of sp³-hybridized carbons (Fsp3) is 0.586. The third-order valence-electron chi connectivity index (χ3n) is 7.93. The number of unbranched alkanes of at least 4 members (excludes halogenated alkanes) is 1. The zero-order chi connectivity index (χ0) is 20.1. The van der Waals surface area contributed by atoms with Crippen LogP contribution in [0.5, 0.6) is 0 Å². The van der Waals surface area contributed by atoms with Crippen LogP contribution in [0.1, 0.15) is 107 Å². The van der Waals surface area contributed by atoms with Crippen molar-refractivity contribution < 1.29 is 0 Å². The monoisotopic (exact) mass is 388 g/mol. The van der Waals surface area contributed by atoms with Crippen molar-refractivity contribution in [3.63, 3.8) is 0 Å². The van der Waals surface area contributed by atoms with E-state index in [0.29, 0.717) is 0 Å². The Balaban J connectivity index is 1.34. The summed E-state index contributed by atoms with van der Waals surface area (Å²) in [5.74, 6) is 3.50. The fourth-order valence-electron chi connectivity index (χ4n) is 5.77. The number of hydrogen-bond donors (Lipinski definition) is 0. The summed E-state index contributed by atoms with van der Waals surface area (Å²) in [5.41, 5.74) is 5.86. The summed E-state index contributed by atoms with van der Waals surface area (Å²) in [6.45, 7) is 4.72. The van der Waals surface area contributed by atoms with Crippen LogP contribution in [0, 0.1) is 11.8 Å². The molecule has 0 aromatic heterocycles. The fourth-order valence-corrected chi connectivity index (χ4v) is 5.77. The average molecular weight is 389 g/mol. The SMILES string of the molecule is CCCCC1CCC(c2ccc(-c3ccc(C4CCC(C)CC4)cc3)cc2)CC1. The molecule has 156 valence electrons. The second-order valence-corrected chi connectivity index (χ2v) is 10.1. The molecule has 0 aliphatic heterocycles. The highest BCUT2D eigenvalue weighted by Gasteiger charge is 2.22. The number of hydrogen-bond acceptors (Lipinski definition) is 0. The molecular weight excluding hydrogens is 348 g/mol. The lowest BCUT2D eigenvalue weighted by atomic mass is 9.77. The zero-order valence-corrected chi connectivity index (χ0v) is 18.7. The minimum Gasteiger partial charge on any atom is -0.0654 e. The summed E-state index contributed by atoms with van der Waals surface area (Å²) in [4.78, 5) is 0. The highest BCUT2D eigenvalue weighted by molar-refractivity contribution is 5.64. The van der Waals surface area contributed by atoms with Gasteiger partial charge in [-0.05, 0) is 84.5 Å². The van der Waals surface area contributed by atoms with Gasteiger partial charge in [-0.2, -0.15) is 0 Å². The molecule has 0 unspecified atom stereocenters. The van der Waals surface area contributed by atoms with E-state index in [9.17, 15) is 0 Å². The van der Waals surface area contributed by atoms with Crippen molar-refractivity contribution in [3.8, 4) is 11.1 Å². The van der Waals surface area contributed by atoms with Gasteiger partial charge in [-0.3, -0.25) is 0 Å². The minimum atomic E-state index is 0.787. The molecule has 2 fully saturated rings. The molecule has 0 saturated heterocycles. The molecule has 2 aromatic carbocycles. The standard InChI is InChI=1S/C29H40/c1-3-4-5-23-8-12-25(13-9-23)27-16-20-29(21-17-27)28-18-14-26(15-19-28)24-10-6-22(2)7-11-24/h14-25H,3-13H2,1-2H3. The van der Waals surface area contributed by atoms with Gasteiger partial charge >= 0.3 is 0 Å². The Hall–Kier alpha value is -1.56. The van der Waals surface area contributed by atoms with Gasteiger partial charge in [0.25, 0.3) is 0 Å². The van der Waals surface area contributed by atoms with E-state index >= 15 is 0 Å². The van der Waals surface area contributed by atoms with Gasteiger partial charge in [0.2, 0.25) is 0 Å². The first-order chi connectivity index (χ1) is 14.2. The summed E-state index contributed by atoms with van der Waals surface area (Å²) in [7, 11) is 0. The van der Waals surface area contributed by atoms with Crippen LogP contribution in [0.25, 0.3) is 11.1 Å². The van der Waals surface area contributed by atoms with Crippen molar-refractivity contribution in [2.24, 2.45) is 11.8 Å². The van der Waals surface area contributed by atoms with E-state index in [2.05, 4.69) is 62.4 Å². The summed E-state index contributed by atoms with van der Waals surface area (Å²) in [5, 5.41) is 0. The second kappa shape index (κ2) is 9.96. The van der Waals surface area contributed by atoms with E-state index in [1.54, 1.807) is 11.1 Å². The zero-order valence-electron chi connectivity index (χ0n) is 18.7. The van der Waals surface area contributed by atoms with Crippen LogP contribution in [0.4, 0.5) is 0 Å². The third-order valence-corrected chi connectivity index (χ3v) is 7.93. The average Bonchev–Trinajstić information content (AvgIpc) is 2.79. The Morgan fingerprint density at radius 1 is 0.621 bits per heavy atom. The van der Waals surface area contributed by atoms with Crippen LogP contribution in [-0.2, 0) is 0 Å². The van der Waals surface area contributed by atoms with Gasteiger partial charge < -0.3 is 0 Å². The summed E-state index contributed by atoms with van der Waals surface area (Å²) < 4.78 is 0. The molecule has 0 bridgehead atoms. The van der Waals surface area contributed by atoms with Gasteiger partial charge in [0.1, 0.15) is 0 Å². The van der Waals surface area contributed by atoms with E-state index in [1.165, 1.54) is 81.8 Å². The van der Waals surface area contributed by atoms with Gasteiger partial charge in [-0.25, -0.2) is 0 Å². The van der Waals surface area contributed by atoms with E-state index in [1.807, 2.05) is 0 Å². The molecule has 0 spiro atoms. The summed E-state index contributed by atoms with van der Waals surface area (Å²) in [6, 6.07) is 19.0. The smallest absolute Gasteiger partial charge is 0.0162 e. The molecule has 29 heavy (non-hydrogen) atoms. The predicted octanol–water partition coefficient (Wildman–Crippen LogP) is 9.11. The molecule has 2 aliphatic rings. The van der Waals surface area contributed by atoms with E-state index in [0.717, 1.165) is 23.7 Å². The molecule has 0 radical (unpaired) electrons. The molecule has 4 rings (SSSR count). The number of benzene rings is 2. The highest BCUT2D eigenvalue weighted by Crippen LogP contribution is 2.39. The lowest BCUT2D eigenvalue weighted by Gasteiger charge is -2.29. The van der Waals surface area contributed by atoms with Crippen LogP contribution in [0.2, 0.25) is 0 Å². The van der Waals surface area contributed by atoms with Crippen LogP contribution in [0.15, 0.2) is 48.5 Å². The van der Waals surface area contributed by atoms with Crippen LogP contribution < -0.4 is 0 Å². The minimum absolute atomic E-state index is 0.787. The van der Waals surface area contributed by atoms with Crippen molar-refractivity contribution in [2.45, 2.75) is 96.3 Å². The highest BCUT2D eigenvalue weighted by atomic mass is 14.3. The number of rotatable bonds is 6. The van der Waals surface area contributed by atoms with Gasteiger partial charge in [0.15, 0.2) is 0 Å². The van der Waals surface area contributed by atoms with Crippen molar-refractivity contribution in [3.05, 3.63) is 59.7 Å². The molecule has 0 heterocycles. The maximum Gasteiger partial charge on any atom is -0.0162 e. The second-order valence-electron chi connectivity index (χ2n) is 10.1. The molecule has 0 amide bonds. The van der Waals surface area contributed by atoms with E-state index in [-0.39, 0.29) is 0 Å². The molecule has 0 N–H and O–H groups in total. The molecule has 2 saturated carbocycles. The van der Waals surface area contributed by atoms with Crippen molar-refractivity contribution in [2.75, 3.05) is 0 Å². The molecule has 0 heteroatoms. The Kier molecular flexibility index (Phi) is 7.11. The van der Waals surface area contributed by atoms with Crippen LogP contribution in [-0.4, -0.2) is 0 Å². The van der Waals surface area contributed by atoms with Crippen LogP contribution in [0.3, 0.4) is 0 Å². The molecular formula is C29H40. The molecule has 0 nitrogen and oxygen atoms in total. The summed E-state index contributed by atoms with van der Waals surface area (Å²) in [6.07, 6.45) is 15.4. The first-order valence-corrected chi connectivity index (χ1v) is 12.4. The third kappa shape index (κ3) is 5.33. The molecule has 2 aromatic rings. The first kappa shape index (κ1) is 20.7. The molecule has 2 aliphatic carbocycles. The van der Waals surface area contributed by atoms with Gasteiger partial charge in [0, 0.05) is 0 Å². The Bertz CT molecular complexity index is 723. The van der Waals surface area contributed by atoms with Crippen molar-refractivity contribution in [1.82, 2.24) is 0 Å². The van der Waals surface area contributed by atoms with Gasteiger partial charge in [-0.1, -0.05) is 94.5 Å². The normalized spacial score (nSPS) is 27.7. The Morgan fingerprint density at radius 3 is 1.52 bits per heavy atom. The first-order valence-electron chi connectivity index (χ1n) is 12.4. The van der Waals surface area contributed by atoms with Gasteiger partial charge in [0.05, 0.1) is 0 Å². The van der Waals surface area contributed by atoms with Crippen LogP contribution >= 0.6 is 0 Å². The lowest BCUT2D eigenvalue weighted by Crippen LogP contribution is -2.13. The lowest BCUT2D eigenvalue weighted by molar-refractivity contribution is 0.304. The maximum absolute atomic E-state index is 2.41. The summed E-state index contributed by atoms with van der Waals surface area (Å²) >= 11 is 0. The van der Waals surface area contributed by atoms with Crippen molar-refractivity contribution in [1.29, 1.82) is 0 Å². The van der Waals surface area contributed by atoms with Gasteiger partial charge in [-0.15, -0.1) is 0 Å². The maximum atomic E-state index is 2.41.